The summed E-state index contributed by atoms with van der Waals surface area (Å²) in [5.74, 6) is 1.69. The molecule has 6 rings (SSSR count). The van der Waals surface area contributed by atoms with Gasteiger partial charge in [0.15, 0.2) is 5.65 Å². The van der Waals surface area contributed by atoms with Crippen molar-refractivity contribution in [3.05, 3.63) is 66.2 Å². The molecule has 0 N–H and O–H groups in total. The van der Waals surface area contributed by atoms with E-state index in [0.717, 1.165) is 60.3 Å². The van der Waals surface area contributed by atoms with Gasteiger partial charge in [-0.3, -0.25) is 9.78 Å². The van der Waals surface area contributed by atoms with Crippen molar-refractivity contribution in [2.24, 2.45) is 5.92 Å². The van der Waals surface area contributed by atoms with Crippen molar-refractivity contribution >= 4 is 28.1 Å². The Morgan fingerprint density at radius 3 is 2.85 bits per heavy atom. The van der Waals surface area contributed by atoms with E-state index in [0.29, 0.717) is 18.2 Å². The lowest BCUT2D eigenvalue weighted by Gasteiger charge is -2.34. The highest BCUT2D eigenvalue weighted by atomic mass is 16.2. The van der Waals surface area contributed by atoms with E-state index in [1.165, 1.54) is 6.42 Å². The van der Waals surface area contributed by atoms with Gasteiger partial charge in [-0.25, -0.2) is 9.50 Å². The molecule has 2 aliphatic heterocycles. The Balaban J connectivity index is 1.33. The quantitative estimate of drug-likeness (QED) is 0.470. The van der Waals surface area contributed by atoms with Crippen LogP contribution in [0.15, 0.2) is 54.9 Å². The molecule has 2 fully saturated rings. The fraction of sp³-hybridized carbons (Fsp3) is 0.385. The molecular weight excluding hydrogens is 412 g/mol. The van der Waals surface area contributed by atoms with Crippen LogP contribution in [-0.4, -0.2) is 50.0 Å². The number of likely N-dealkylation sites (tertiary alicyclic amines) is 1. The van der Waals surface area contributed by atoms with Crippen LogP contribution in [-0.2, 0) is 0 Å². The molecule has 1 amide bonds. The average molecular weight is 441 g/mol. The highest BCUT2D eigenvalue weighted by Gasteiger charge is 2.32. The van der Waals surface area contributed by atoms with Crippen LogP contribution in [0.5, 0.6) is 0 Å². The van der Waals surface area contributed by atoms with Crippen LogP contribution >= 0.6 is 0 Å². The highest BCUT2D eigenvalue weighted by molar-refractivity contribution is 6.05. The summed E-state index contributed by atoms with van der Waals surface area (Å²) < 4.78 is 1.84. The zero-order valence-electron chi connectivity index (χ0n) is 18.9. The number of amides is 1. The van der Waals surface area contributed by atoms with E-state index in [2.05, 4.69) is 22.9 Å². The number of rotatable bonds is 3. The normalized spacial score (nSPS) is 21.2. The average Bonchev–Trinajstić information content (AvgIpc) is 3.49. The first kappa shape index (κ1) is 20.1. The number of nitrogens with zero attached hydrogens (tertiary/aromatic N) is 6. The lowest BCUT2D eigenvalue weighted by atomic mass is 9.98. The molecule has 0 unspecified atom stereocenters. The maximum absolute atomic E-state index is 13.7. The number of carbonyl (C=O) groups is 1. The summed E-state index contributed by atoms with van der Waals surface area (Å²) in [7, 11) is 0. The van der Waals surface area contributed by atoms with Crippen LogP contribution in [0, 0.1) is 5.92 Å². The molecular formula is C26H28N6O. The van der Waals surface area contributed by atoms with Gasteiger partial charge < -0.3 is 9.80 Å². The Labute approximate surface area is 193 Å². The van der Waals surface area contributed by atoms with Gasteiger partial charge in [-0.1, -0.05) is 31.2 Å². The fourth-order valence-corrected chi connectivity index (χ4v) is 5.28. The molecule has 0 bridgehead atoms. The molecule has 3 aromatic heterocycles. The van der Waals surface area contributed by atoms with Crippen LogP contribution in [0.4, 0.5) is 5.82 Å². The summed E-state index contributed by atoms with van der Waals surface area (Å²) >= 11 is 0. The van der Waals surface area contributed by atoms with Gasteiger partial charge in [-0.15, -0.1) is 0 Å². The SMILES string of the molecule is C[C@H]1CCN(c2ccn3nc([C@@H]4CCCCN4C(=O)c4nccc5ccccc45)cc3n2)C1. The minimum Gasteiger partial charge on any atom is -0.356 e. The van der Waals surface area contributed by atoms with Crippen molar-refractivity contribution in [3.63, 3.8) is 0 Å². The van der Waals surface area contributed by atoms with Crippen LogP contribution in [0.2, 0.25) is 0 Å². The second-order valence-electron chi connectivity index (χ2n) is 9.39. The van der Waals surface area contributed by atoms with E-state index in [1.807, 2.05) is 52.0 Å². The first-order chi connectivity index (χ1) is 16.2. The summed E-state index contributed by atoms with van der Waals surface area (Å²) in [6.45, 7) is 5.10. The molecule has 0 saturated carbocycles. The third kappa shape index (κ3) is 3.61. The predicted octanol–water partition coefficient (Wildman–Crippen LogP) is 4.49. The molecule has 1 aromatic carbocycles. The molecule has 2 saturated heterocycles. The van der Waals surface area contributed by atoms with E-state index in [4.69, 9.17) is 10.1 Å². The third-order valence-electron chi connectivity index (χ3n) is 7.06. The fourth-order valence-electron chi connectivity index (χ4n) is 5.28. The number of hydrogen-bond acceptors (Lipinski definition) is 5. The van der Waals surface area contributed by atoms with Crippen molar-refractivity contribution < 1.29 is 4.79 Å². The zero-order chi connectivity index (χ0) is 22.4. The number of hydrogen-bond donors (Lipinski definition) is 0. The second-order valence-corrected chi connectivity index (χ2v) is 9.39. The molecule has 7 nitrogen and oxygen atoms in total. The zero-order valence-corrected chi connectivity index (χ0v) is 18.9. The molecule has 2 atom stereocenters. The van der Waals surface area contributed by atoms with Gasteiger partial charge >= 0.3 is 0 Å². The predicted molar refractivity (Wildman–Crippen MR) is 128 cm³/mol. The summed E-state index contributed by atoms with van der Waals surface area (Å²) in [6.07, 6.45) is 7.90. The lowest BCUT2D eigenvalue weighted by Crippen LogP contribution is -2.39. The monoisotopic (exact) mass is 440 g/mol. The largest absolute Gasteiger partial charge is 0.356 e. The summed E-state index contributed by atoms with van der Waals surface area (Å²) in [6, 6.07) is 13.9. The van der Waals surface area contributed by atoms with Crippen molar-refractivity contribution in [1.82, 2.24) is 24.5 Å². The topological polar surface area (TPSA) is 66.6 Å². The van der Waals surface area contributed by atoms with Crippen LogP contribution in [0.1, 0.15) is 54.8 Å². The summed E-state index contributed by atoms with van der Waals surface area (Å²) in [5.41, 5.74) is 2.26. The van der Waals surface area contributed by atoms with Gasteiger partial charge in [-0.05, 0) is 49.1 Å². The van der Waals surface area contributed by atoms with E-state index in [1.54, 1.807) is 6.20 Å². The molecule has 0 aliphatic carbocycles. The number of benzene rings is 1. The number of piperidine rings is 1. The van der Waals surface area contributed by atoms with E-state index < -0.39 is 0 Å². The Hall–Kier alpha value is -3.48. The number of carbonyl (C=O) groups excluding carboxylic acids is 1. The molecule has 0 radical (unpaired) electrons. The highest BCUT2D eigenvalue weighted by Crippen LogP contribution is 2.33. The lowest BCUT2D eigenvalue weighted by molar-refractivity contribution is 0.0602. The Kier molecular flexibility index (Phi) is 4.97. The molecule has 33 heavy (non-hydrogen) atoms. The van der Waals surface area contributed by atoms with Gasteiger partial charge in [-0.2, -0.15) is 5.10 Å². The minimum absolute atomic E-state index is 0.0201. The van der Waals surface area contributed by atoms with Gasteiger partial charge in [0.2, 0.25) is 0 Å². The molecule has 0 spiro atoms. The summed E-state index contributed by atoms with van der Waals surface area (Å²) in [4.78, 5) is 27.4. The van der Waals surface area contributed by atoms with Crippen LogP contribution in [0.25, 0.3) is 16.4 Å². The Bertz CT molecular complexity index is 1330. The van der Waals surface area contributed by atoms with E-state index >= 15 is 0 Å². The molecule has 2 aliphatic rings. The van der Waals surface area contributed by atoms with E-state index in [-0.39, 0.29) is 11.9 Å². The standard InChI is InChI=1S/C26H28N6O/c1-18-10-14-30(17-18)23-11-15-32-24(28-23)16-21(29-32)22-8-4-5-13-31(22)26(33)25-20-7-3-2-6-19(20)9-12-27-25/h2-3,6-7,9,11-12,15-16,18,22H,4-5,8,10,13-14,17H2,1H3/t18-,22-/m0/s1. The number of fused-ring (bicyclic) bond motifs is 2. The first-order valence-corrected chi connectivity index (χ1v) is 11.9. The smallest absolute Gasteiger partial charge is 0.273 e. The second kappa shape index (κ2) is 8.14. The maximum atomic E-state index is 13.7. The van der Waals surface area contributed by atoms with Crippen molar-refractivity contribution in [2.75, 3.05) is 24.5 Å². The molecule has 7 heteroatoms. The number of anilines is 1. The van der Waals surface area contributed by atoms with E-state index in [9.17, 15) is 4.79 Å². The minimum atomic E-state index is -0.0658. The third-order valence-corrected chi connectivity index (χ3v) is 7.06. The van der Waals surface area contributed by atoms with Crippen LogP contribution < -0.4 is 4.90 Å². The molecule has 5 heterocycles. The van der Waals surface area contributed by atoms with Gasteiger partial charge in [0.1, 0.15) is 11.5 Å². The van der Waals surface area contributed by atoms with Gasteiger partial charge in [0.05, 0.1) is 11.7 Å². The number of aromatic nitrogens is 4. The maximum Gasteiger partial charge on any atom is 0.273 e. The summed E-state index contributed by atoms with van der Waals surface area (Å²) in [5, 5.41) is 6.76. The number of pyridine rings is 1. The van der Waals surface area contributed by atoms with Crippen molar-refractivity contribution in [1.29, 1.82) is 0 Å². The van der Waals surface area contributed by atoms with Crippen LogP contribution in [0.3, 0.4) is 0 Å². The molecule has 4 aromatic rings. The Morgan fingerprint density at radius 1 is 1.06 bits per heavy atom. The first-order valence-electron chi connectivity index (χ1n) is 11.9. The Morgan fingerprint density at radius 2 is 1.97 bits per heavy atom. The van der Waals surface area contributed by atoms with Crippen molar-refractivity contribution in [2.45, 2.75) is 38.6 Å². The van der Waals surface area contributed by atoms with Gasteiger partial charge in [0, 0.05) is 43.5 Å². The molecule has 168 valence electrons. The van der Waals surface area contributed by atoms with Crippen molar-refractivity contribution in [3.8, 4) is 0 Å². The van der Waals surface area contributed by atoms with Gasteiger partial charge in [0.25, 0.3) is 5.91 Å².